The number of benzene rings is 1. The summed E-state index contributed by atoms with van der Waals surface area (Å²) in [4.78, 5) is 20.7. The molecule has 26 heavy (non-hydrogen) atoms. The molecule has 1 aromatic heterocycles. The van der Waals surface area contributed by atoms with E-state index < -0.39 is 17.7 Å². The van der Waals surface area contributed by atoms with Crippen molar-refractivity contribution in [2.75, 3.05) is 7.11 Å². The Labute approximate surface area is 153 Å². The summed E-state index contributed by atoms with van der Waals surface area (Å²) in [5.74, 6) is 0.205. The van der Waals surface area contributed by atoms with E-state index in [2.05, 4.69) is 15.3 Å². The fraction of sp³-hybridized carbons (Fsp3) is 0.278. The average Bonchev–Trinajstić information content (AvgIpc) is 3.01. The second-order valence-corrected chi connectivity index (χ2v) is 6.75. The molecule has 0 bridgehead atoms. The Balaban J connectivity index is 1.82. The number of aromatic nitrogens is 1. The van der Waals surface area contributed by atoms with Gasteiger partial charge in [0.25, 0.3) is 6.43 Å². The van der Waals surface area contributed by atoms with E-state index in [1.807, 2.05) is 0 Å². The number of hydrogen-bond donors (Lipinski definition) is 1. The molecule has 1 aromatic carbocycles. The summed E-state index contributed by atoms with van der Waals surface area (Å²) in [5.41, 5.74) is 1.14. The van der Waals surface area contributed by atoms with Crippen LogP contribution < -0.4 is 10.1 Å². The number of amides is 1. The largest absolute Gasteiger partial charge is 0.481 e. The van der Waals surface area contributed by atoms with Gasteiger partial charge >= 0.3 is 0 Å². The van der Waals surface area contributed by atoms with Crippen LogP contribution in [-0.4, -0.2) is 23.2 Å². The van der Waals surface area contributed by atoms with Crippen LogP contribution in [0.15, 0.2) is 47.6 Å². The first-order valence-corrected chi connectivity index (χ1v) is 8.79. The standard InChI is InChI=1S/C18H17F2N3O2S/c1-10(12-5-3-4-6-13(12)16(19)20)22-18-23-17(24)15(26-18)11-7-8-21-14(9-11)25-2/h3-10,15-16H,1-2H3,(H,22,23,24). The molecular formula is C18H17F2N3O2S. The molecule has 2 atom stereocenters. The fourth-order valence-corrected chi connectivity index (χ4v) is 3.73. The van der Waals surface area contributed by atoms with Crippen molar-refractivity contribution in [2.45, 2.75) is 24.6 Å². The highest BCUT2D eigenvalue weighted by atomic mass is 32.2. The van der Waals surface area contributed by atoms with E-state index in [4.69, 9.17) is 4.74 Å². The molecule has 1 aliphatic rings. The molecule has 1 saturated heterocycles. The van der Waals surface area contributed by atoms with Gasteiger partial charge in [0.15, 0.2) is 5.17 Å². The Bertz CT molecular complexity index is 845. The van der Waals surface area contributed by atoms with E-state index in [-0.39, 0.29) is 11.5 Å². The van der Waals surface area contributed by atoms with Gasteiger partial charge < -0.3 is 10.1 Å². The summed E-state index contributed by atoms with van der Waals surface area (Å²) in [7, 11) is 1.50. The number of amidine groups is 1. The molecule has 1 N–H and O–H groups in total. The van der Waals surface area contributed by atoms with E-state index in [0.717, 1.165) is 5.56 Å². The van der Waals surface area contributed by atoms with Gasteiger partial charge in [0.2, 0.25) is 11.8 Å². The molecule has 0 aliphatic carbocycles. The molecule has 1 fully saturated rings. The topological polar surface area (TPSA) is 63.6 Å². The fourth-order valence-electron chi connectivity index (χ4n) is 2.68. The van der Waals surface area contributed by atoms with Gasteiger partial charge in [-0.2, -0.15) is 0 Å². The van der Waals surface area contributed by atoms with Gasteiger partial charge in [-0.1, -0.05) is 36.0 Å². The van der Waals surface area contributed by atoms with E-state index in [1.165, 1.54) is 24.9 Å². The zero-order valence-corrected chi connectivity index (χ0v) is 15.0. The molecule has 2 unspecified atom stereocenters. The van der Waals surface area contributed by atoms with Gasteiger partial charge in [0.1, 0.15) is 5.25 Å². The summed E-state index contributed by atoms with van der Waals surface area (Å²) in [6, 6.07) is 9.21. The molecule has 2 heterocycles. The number of methoxy groups -OCH3 is 1. The third-order valence-corrected chi connectivity index (χ3v) is 5.11. The van der Waals surface area contributed by atoms with Crippen molar-refractivity contribution in [3.8, 4) is 5.88 Å². The highest BCUT2D eigenvalue weighted by Gasteiger charge is 2.32. The van der Waals surface area contributed by atoms with Crippen LogP contribution >= 0.6 is 11.8 Å². The van der Waals surface area contributed by atoms with Crippen LogP contribution in [0.2, 0.25) is 0 Å². The van der Waals surface area contributed by atoms with E-state index >= 15 is 0 Å². The molecule has 1 aliphatic heterocycles. The molecular weight excluding hydrogens is 360 g/mol. The summed E-state index contributed by atoms with van der Waals surface area (Å²) < 4.78 is 31.4. The third kappa shape index (κ3) is 3.85. The lowest BCUT2D eigenvalue weighted by Gasteiger charge is -2.13. The van der Waals surface area contributed by atoms with Gasteiger partial charge in [0, 0.05) is 17.8 Å². The zero-order valence-electron chi connectivity index (χ0n) is 14.1. The van der Waals surface area contributed by atoms with Gasteiger partial charge in [-0.05, 0) is 24.1 Å². The Kier molecular flexibility index (Phi) is 5.51. The monoisotopic (exact) mass is 377 g/mol. The minimum absolute atomic E-state index is 0.0471. The molecule has 0 saturated carbocycles. The van der Waals surface area contributed by atoms with Gasteiger partial charge in [0.05, 0.1) is 13.2 Å². The van der Waals surface area contributed by atoms with E-state index in [0.29, 0.717) is 16.6 Å². The van der Waals surface area contributed by atoms with E-state index in [9.17, 15) is 13.6 Å². The van der Waals surface area contributed by atoms with E-state index in [1.54, 1.807) is 43.5 Å². The lowest BCUT2D eigenvalue weighted by molar-refractivity contribution is -0.118. The first-order chi connectivity index (χ1) is 12.5. The van der Waals surface area contributed by atoms with Crippen molar-refractivity contribution in [1.29, 1.82) is 0 Å². The number of nitrogens with zero attached hydrogens (tertiary/aromatic N) is 2. The number of alkyl halides is 2. The molecule has 5 nitrogen and oxygen atoms in total. The maximum atomic E-state index is 13.2. The molecule has 0 radical (unpaired) electrons. The maximum Gasteiger partial charge on any atom is 0.264 e. The number of pyridine rings is 1. The van der Waals surface area contributed by atoms with Crippen molar-refractivity contribution in [2.24, 2.45) is 4.99 Å². The molecule has 8 heteroatoms. The predicted octanol–water partition coefficient (Wildman–Crippen LogP) is 4.05. The molecule has 3 rings (SSSR count). The van der Waals surface area contributed by atoms with Crippen LogP contribution in [0.4, 0.5) is 8.78 Å². The highest BCUT2D eigenvalue weighted by molar-refractivity contribution is 8.15. The smallest absolute Gasteiger partial charge is 0.264 e. The van der Waals surface area contributed by atoms with Crippen LogP contribution in [-0.2, 0) is 4.79 Å². The molecule has 2 aromatic rings. The van der Waals surface area contributed by atoms with Crippen LogP contribution in [0.25, 0.3) is 0 Å². The number of carbonyl (C=O) groups excluding carboxylic acids is 1. The van der Waals surface area contributed by atoms with Gasteiger partial charge in [-0.3, -0.25) is 9.79 Å². The van der Waals surface area contributed by atoms with Crippen molar-refractivity contribution < 1.29 is 18.3 Å². The molecule has 0 spiro atoms. The Morgan fingerprint density at radius 3 is 2.69 bits per heavy atom. The number of rotatable bonds is 5. The first kappa shape index (κ1) is 18.3. The quantitative estimate of drug-likeness (QED) is 0.854. The number of hydrogen-bond acceptors (Lipinski definition) is 5. The summed E-state index contributed by atoms with van der Waals surface area (Å²) in [6.45, 7) is 1.73. The van der Waals surface area contributed by atoms with Crippen molar-refractivity contribution >= 4 is 22.8 Å². The number of nitrogens with one attached hydrogen (secondary N) is 1. The summed E-state index contributed by atoms with van der Waals surface area (Å²) >= 11 is 1.25. The maximum absolute atomic E-state index is 13.2. The summed E-state index contributed by atoms with van der Waals surface area (Å²) in [5, 5.41) is 2.64. The minimum atomic E-state index is -2.57. The Morgan fingerprint density at radius 2 is 2.00 bits per heavy atom. The van der Waals surface area contributed by atoms with Crippen molar-refractivity contribution in [3.63, 3.8) is 0 Å². The third-order valence-electron chi connectivity index (χ3n) is 3.96. The molecule has 1 amide bonds. The van der Waals surface area contributed by atoms with Crippen molar-refractivity contribution in [3.05, 3.63) is 59.3 Å². The van der Waals surface area contributed by atoms with Crippen LogP contribution in [0.1, 0.15) is 41.3 Å². The zero-order chi connectivity index (χ0) is 18.7. The van der Waals surface area contributed by atoms with Crippen LogP contribution in [0.5, 0.6) is 5.88 Å². The number of aliphatic imine (C=N–C) groups is 1. The minimum Gasteiger partial charge on any atom is -0.481 e. The number of ether oxygens (including phenoxy) is 1. The lowest BCUT2D eigenvalue weighted by Crippen LogP contribution is -2.22. The van der Waals surface area contributed by atoms with Gasteiger partial charge in [-0.25, -0.2) is 13.8 Å². The van der Waals surface area contributed by atoms with Crippen LogP contribution in [0.3, 0.4) is 0 Å². The normalized spacial score (nSPS) is 19.7. The first-order valence-electron chi connectivity index (χ1n) is 7.92. The number of halogens is 2. The number of carbonyl (C=O) groups is 1. The highest BCUT2D eigenvalue weighted by Crippen LogP contribution is 2.37. The molecule has 136 valence electrons. The van der Waals surface area contributed by atoms with Gasteiger partial charge in [-0.15, -0.1) is 0 Å². The Hall–Kier alpha value is -2.48. The SMILES string of the molecule is COc1cc(C2SC(=NC(C)c3ccccc3C(F)F)NC2=O)ccn1. The average molecular weight is 377 g/mol. The predicted molar refractivity (Wildman–Crippen MR) is 96.5 cm³/mol. The second kappa shape index (κ2) is 7.82. The summed E-state index contributed by atoms with van der Waals surface area (Å²) in [6.07, 6.45) is -1.00. The van der Waals surface area contributed by atoms with Crippen LogP contribution in [0, 0.1) is 0 Å². The van der Waals surface area contributed by atoms with Crippen molar-refractivity contribution in [1.82, 2.24) is 10.3 Å². The lowest BCUT2D eigenvalue weighted by atomic mass is 10.0. The Morgan fingerprint density at radius 1 is 1.27 bits per heavy atom. The number of thioether (sulfide) groups is 1. The second-order valence-electron chi connectivity index (χ2n) is 5.66.